The number of nitrogens with two attached hydrogens (primary N) is 1. The number of sulfonamides is 1. The van der Waals surface area contributed by atoms with Gasteiger partial charge in [0.2, 0.25) is 15.9 Å². The van der Waals surface area contributed by atoms with Crippen LogP contribution in [0, 0.1) is 5.92 Å². The van der Waals surface area contributed by atoms with E-state index in [0.29, 0.717) is 31.1 Å². The molecule has 1 unspecified atom stereocenters. The van der Waals surface area contributed by atoms with Crippen LogP contribution in [-0.2, 0) is 14.8 Å². The first-order valence-corrected chi connectivity index (χ1v) is 12.7. The van der Waals surface area contributed by atoms with Crippen molar-refractivity contribution in [3.8, 4) is 0 Å². The largest absolute Gasteiger partial charge is 0.369 e. The number of carbonyl (C=O) groups is 2. The molecule has 1 aromatic carbocycles. The number of carbonyl (C=O) groups excluding carboxylic acids is 2. The number of hydrogen-bond acceptors (Lipinski definition) is 6. The van der Waals surface area contributed by atoms with E-state index in [2.05, 4.69) is 10.3 Å². The molecule has 1 aromatic heterocycles. The molecule has 33 heavy (non-hydrogen) atoms. The lowest BCUT2D eigenvalue weighted by molar-refractivity contribution is -0.122. The van der Waals surface area contributed by atoms with E-state index in [9.17, 15) is 18.0 Å². The number of primary amides is 1. The molecule has 3 N–H and O–H groups in total. The van der Waals surface area contributed by atoms with Gasteiger partial charge in [0, 0.05) is 26.2 Å². The summed E-state index contributed by atoms with van der Waals surface area (Å²) in [4.78, 5) is 30.8. The maximum Gasteiger partial charge on any atom is 0.257 e. The fourth-order valence-corrected chi connectivity index (χ4v) is 5.93. The van der Waals surface area contributed by atoms with Crippen LogP contribution >= 0.6 is 11.6 Å². The van der Waals surface area contributed by atoms with Crippen LogP contribution in [0.15, 0.2) is 41.4 Å². The number of halogens is 1. The minimum Gasteiger partial charge on any atom is -0.369 e. The van der Waals surface area contributed by atoms with E-state index in [-0.39, 0.29) is 27.3 Å². The van der Waals surface area contributed by atoms with Gasteiger partial charge >= 0.3 is 0 Å². The molecule has 3 heterocycles. The van der Waals surface area contributed by atoms with Gasteiger partial charge in [-0.15, -0.1) is 0 Å². The Hall–Kier alpha value is -2.69. The molecule has 2 aromatic rings. The number of benzene rings is 1. The lowest BCUT2D eigenvalue weighted by atomic mass is 9.97. The SMILES string of the molecule is NC(=O)C1CCCN(c2ccc(NC(=O)c3cc(S(=O)(=O)N4CCCC4)ccc3Cl)cn2)C1. The molecule has 11 heteroatoms. The summed E-state index contributed by atoms with van der Waals surface area (Å²) in [6.07, 6.45) is 4.78. The third-order valence-electron chi connectivity index (χ3n) is 6.04. The highest BCUT2D eigenvalue weighted by molar-refractivity contribution is 7.89. The molecule has 1 atom stereocenters. The van der Waals surface area contributed by atoms with Gasteiger partial charge in [0.1, 0.15) is 5.82 Å². The Bertz CT molecular complexity index is 1150. The average molecular weight is 492 g/mol. The number of nitrogens with one attached hydrogen (secondary N) is 1. The topological polar surface area (TPSA) is 126 Å². The van der Waals surface area contributed by atoms with E-state index in [1.807, 2.05) is 4.90 Å². The Kier molecular flexibility index (Phi) is 6.87. The number of pyridine rings is 1. The summed E-state index contributed by atoms with van der Waals surface area (Å²) in [6, 6.07) is 7.61. The van der Waals surface area contributed by atoms with Gasteiger partial charge in [-0.25, -0.2) is 13.4 Å². The number of rotatable bonds is 6. The predicted molar refractivity (Wildman–Crippen MR) is 126 cm³/mol. The zero-order chi connectivity index (χ0) is 23.6. The standard InChI is InChI=1S/C22H26ClN5O4S/c23-19-7-6-17(33(31,32)28-10-1-2-11-28)12-18(19)22(30)26-16-5-8-20(25-13-16)27-9-3-4-15(14-27)21(24)29/h5-8,12-13,15H,1-4,9-11,14H2,(H2,24,29)(H,26,30). The number of anilines is 2. The number of aromatic nitrogens is 1. The van der Waals surface area contributed by atoms with Crippen LogP contribution in [0.1, 0.15) is 36.0 Å². The molecule has 0 aliphatic carbocycles. The van der Waals surface area contributed by atoms with Crippen LogP contribution in [0.3, 0.4) is 0 Å². The molecular formula is C22H26ClN5O4S. The van der Waals surface area contributed by atoms with Crippen molar-refractivity contribution in [3.05, 3.63) is 47.1 Å². The van der Waals surface area contributed by atoms with Crippen molar-refractivity contribution in [2.75, 3.05) is 36.4 Å². The van der Waals surface area contributed by atoms with Crippen molar-refractivity contribution in [3.63, 3.8) is 0 Å². The maximum atomic E-state index is 12.8. The smallest absolute Gasteiger partial charge is 0.257 e. The number of hydrogen-bond donors (Lipinski definition) is 2. The summed E-state index contributed by atoms with van der Waals surface area (Å²) in [5, 5.41) is 2.87. The molecule has 0 bridgehead atoms. The quantitative estimate of drug-likeness (QED) is 0.639. The van der Waals surface area contributed by atoms with Gasteiger partial charge in [-0.3, -0.25) is 9.59 Å². The van der Waals surface area contributed by atoms with Crippen LogP contribution in [0.4, 0.5) is 11.5 Å². The van der Waals surface area contributed by atoms with Crippen LogP contribution in [0.5, 0.6) is 0 Å². The molecule has 4 rings (SSSR count). The van der Waals surface area contributed by atoms with Crippen molar-refractivity contribution >= 4 is 44.9 Å². The van der Waals surface area contributed by atoms with Crippen LogP contribution in [-0.4, -0.2) is 55.7 Å². The Labute approximate surface area is 198 Å². The minimum absolute atomic E-state index is 0.0431. The number of amides is 2. The monoisotopic (exact) mass is 491 g/mol. The number of nitrogens with zero attached hydrogens (tertiary/aromatic N) is 3. The second kappa shape index (κ2) is 9.66. The summed E-state index contributed by atoms with van der Waals surface area (Å²) in [5.74, 6) is -0.351. The molecular weight excluding hydrogens is 466 g/mol. The Morgan fingerprint density at radius 3 is 2.52 bits per heavy atom. The van der Waals surface area contributed by atoms with Crippen LogP contribution in [0.2, 0.25) is 5.02 Å². The van der Waals surface area contributed by atoms with Gasteiger partial charge in [0.15, 0.2) is 0 Å². The fourth-order valence-electron chi connectivity index (χ4n) is 4.18. The average Bonchev–Trinajstić information content (AvgIpc) is 3.36. The summed E-state index contributed by atoms with van der Waals surface area (Å²) < 4.78 is 27.1. The first kappa shape index (κ1) is 23.5. The number of piperidine rings is 1. The Morgan fingerprint density at radius 2 is 1.85 bits per heavy atom. The van der Waals surface area contributed by atoms with Gasteiger partial charge in [0.05, 0.1) is 33.3 Å². The molecule has 2 fully saturated rings. The van der Waals surface area contributed by atoms with E-state index in [1.165, 1.54) is 28.7 Å². The zero-order valence-electron chi connectivity index (χ0n) is 18.0. The van der Waals surface area contributed by atoms with Crippen LogP contribution in [0.25, 0.3) is 0 Å². The normalized spacial score (nSPS) is 19.4. The minimum atomic E-state index is -3.67. The molecule has 2 aliphatic rings. The molecule has 0 radical (unpaired) electrons. The third-order valence-corrected chi connectivity index (χ3v) is 8.26. The molecule has 2 saturated heterocycles. The lowest BCUT2D eigenvalue weighted by Crippen LogP contribution is -2.41. The molecule has 0 saturated carbocycles. The highest BCUT2D eigenvalue weighted by Crippen LogP contribution is 2.27. The van der Waals surface area contributed by atoms with E-state index in [0.717, 1.165) is 32.2 Å². The highest BCUT2D eigenvalue weighted by atomic mass is 35.5. The van der Waals surface area contributed by atoms with E-state index >= 15 is 0 Å². The second-order valence-electron chi connectivity index (χ2n) is 8.30. The third kappa shape index (κ3) is 5.13. The van der Waals surface area contributed by atoms with Gasteiger partial charge in [0.25, 0.3) is 5.91 Å². The van der Waals surface area contributed by atoms with Gasteiger partial charge in [-0.2, -0.15) is 4.31 Å². The van der Waals surface area contributed by atoms with Gasteiger partial charge in [-0.1, -0.05) is 11.6 Å². The van der Waals surface area contributed by atoms with Crippen molar-refractivity contribution in [1.29, 1.82) is 0 Å². The first-order chi connectivity index (χ1) is 15.8. The molecule has 2 aliphatic heterocycles. The molecule has 0 spiro atoms. The van der Waals surface area contributed by atoms with Crippen molar-refractivity contribution in [2.45, 2.75) is 30.6 Å². The molecule has 9 nitrogen and oxygen atoms in total. The van der Waals surface area contributed by atoms with Gasteiger partial charge < -0.3 is 16.0 Å². The van der Waals surface area contributed by atoms with Crippen molar-refractivity contribution < 1.29 is 18.0 Å². The fraction of sp³-hybridized carbons (Fsp3) is 0.409. The van der Waals surface area contributed by atoms with Crippen molar-refractivity contribution in [1.82, 2.24) is 9.29 Å². The highest BCUT2D eigenvalue weighted by Gasteiger charge is 2.28. The Morgan fingerprint density at radius 1 is 1.09 bits per heavy atom. The predicted octanol–water partition coefficient (Wildman–Crippen LogP) is 2.47. The van der Waals surface area contributed by atoms with E-state index in [1.54, 1.807) is 12.1 Å². The Balaban J connectivity index is 1.48. The van der Waals surface area contributed by atoms with Crippen molar-refractivity contribution in [2.24, 2.45) is 11.7 Å². The van der Waals surface area contributed by atoms with E-state index in [4.69, 9.17) is 17.3 Å². The van der Waals surface area contributed by atoms with Gasteiger partial charge in [-0.05, 0) is 56.0 Å². The second-order valence-corrected chi connectivity index (χ2v) is 10.6. The first-order valence-electron chi connectivity index (χ1n) is 10.9. The van der Waals surface area contributed by atoms with Crippen LogP contribution < -0.4 is 16.0 Å². The molecule has 176 valence electrons. The molecule has 2 amide bonds. The summed E-state index contributed by atoms with van der Waals surface area (Å²) in [6.45, 7) is 2.24. The maximum absolute atomic E-state index is 12.8. The summed E-state index contributed by atoms with van der Waals surface area (Å²) in [5.41, 5.74) is 5.95. The zero-order valence-corrected chi connectivity index (χ0v) is 19.6. The summed E-state index contributed by atoms with van der Waals surface area (Å²) in [7, 11) is -3.67. The van der Waals surface area contributed by atoms with E-state index < -0.39 is 15.9 Å². The summed E-state index contributed by atoms with van der Waals surface area (Å²) >= 11 is 6.20. The lowest BCUT2D eigenvalue weighted by Gasteiger charge is -2.32.